The number of carbonyl (C=O) groups is 2. The molecule has 5 heteroatoms. The molecule has 2 aliphatic rings. The molecule has 132 valence electrons. The van der Waals surface area contributed by atoms with E-state index in [9.17, 15) is 9.59 Å². The number of epoxide rings is 1. The second-order valence-corrected chi connectivity index (χ2v) is 6.72. The maximum atomic E-state index is 12.4. The van der Waals surface area contributed by atoms with Gasteiger partial charge in [-0.05, 0) is 19.3 Å². The minimum Gasteiger partial charge on any atom is -0.467 e. The summed E-state index contributed by atoms with van der Waals surface area (Å²) in [5, 5.41) is 0. The third kappa shape index (κ3) is 5.20. The number of ether oxygens (including phenoxy) is 2. The Morgan fingerprint density at radius 2 is 1.83 bits per heavy atom. The average molecular weight is 325 g/mol. The summed E-state index contributed by atoms with van der Waals surface area (Å²) in [4.78, 5) is 25.8. The van der Waals surface area contributed by atoms with E-state index < -0.39 is 6.04 Å². The van der Waals surface area contributed by atoms with Crippen molar-refractivity contribution in [1.82, 2.24) is 4.90 Å². The molecule has 2 saturated heterocycles. The molecule has 3 atom stereocenters. The van der Waals surface area contributed by atoms with Crippen LogP contribution in [0, 0.1) is 0 Å². The van der Waals surface area contributed by atoms with Crippen LogP contribution in [0.3, 0.4) is 0 Å². The standard InChI is InChI=1S/C18H31NO4/c1-3-4-5-6-7-8-9-12-15-16(23-15)17(20)19-13-10-11-14(19)18(21)22-2/h14-16H,3-13H2,1-2H3/t14-,15?,16?/m0/s1. The summed E-state index contributed by atoms with van der Waals surface area (Å²) in [6.07, 6.45) is 11.2. The van der Waals surface area contributed by atoms with Crippen molar-refractivity contribution in [3.05, 3.63) is 0 Å². The van der Waals surface area contributed by atoms with Gasteiger partial charge in [-0.3, -0.25) is 4.79 Å². The van der Waals surface area contributed by atoms with Crippen molar-refractivity contribution in [2.75, 3.05) is 13.7 Å². The van der Waals surface area contributed by atoms with Crippen LogP contribution < -0.4 is 0 Å². The quantitative estimate of drug-likeness (QED) is 0.352. The number of amides is 1. The summed E-state index contributed by atoms with van der Waals surface area (Å²) in [5.41, 5.74) is 0. The Morgan fingerprint density at radius 3 is 2.52 bits per heavy atom. The van der Waals surface area contributed by atoms with Crippen LogP contribution in [0.4, 0.5) is 0 Å². The van der Waals surface area contributed by atoms with E-state index >= 15 is 0 Å². The van der Waals surface area contributed by atoms with E-state index in [1.54, 1.807) is 4.90 Å². The molecule has 0 aromatic heterocycles. The lowest BCUT2D eigenvalue weighted by Crippen LogP contribution is -2.43. The smallest absolute Gasteiger partial charge is 0.328 e. The van der Waals surface area contributed by atoms with Crippen LogP contribution in [0.2, 0.25) is 0 Å². The van der Waals surface area contributed by atoms with E-state index in [1.165, 1.54) is 45.6 Å². The third-order valence-electron chi connectivity index (χ3n) is 4.93. The monoisotopic (exact) mass is 325 g/mol. The Hall–Kier alpha value is -1.10. The van der Waals surface area contributed by atoms with Crippen molar-refractivity contribution in [3.8, 4) is 0 Å². The molecule has 2 aliphatic heterocycles. The molecule has 23 heavy (non-hydrogen) atoms. The summed E-state index contributed by atoms with van der Waals surface area (Å²) in [5.74, 6) is -0.328. The van der Waals surface area contributed by atoms with Crippen molar-refractivity contribution in [2.45, 2.75) is 89.4 Å². The van der Waals surface area contributed by atoms with Crippen molar-refractivity contribution < 1.29 is 19.1 Å². The molecule has 0 aromatic rings. The fourth-order valence-corrected chi connectivity index (χ4v) is 3.46. The molecule has 2 heterocycles. The van der Waals surface area contributed by atoms with Gasteiger partial charge in [0.1, 0.15) is 6.04 Å². The van der Waals surface area contributed by atoms with Crippen LogP contribution in [0.15, 0.2) is 0 Å². The molecule has 0 bridgehead atoms. The Bertz CT molecular complexity index is 398. The van der Waals surface area contributed by atoms with Gasteiger partial charge < -0.3 is 14.4 Å². The number of rotatable bonds is 10. The average Bonchev–Trinajstić information content (AvgIpc) is 3.16. The minimum absolute atomic E-state index is 0.0224. The van der Waals surface area contributed by atoms with Gasteiger partial charge in [0.15, 0.2) is 6.10 Å². The molecule has 5 nitrogen and oxygen atoms in total. The van der Waals surface area contributed by atoms with Crippen LogP contribution >= 0.6 is 0 Å². The predicted molar refractivity (Wildman–Crippen MR) is 88.0 cm³/mol. The summed E-state index contributed by atoms with van der Waals surface area (Å²) in [6, 6.07) is -0.407. The van der Waals surface area contributed by atoms with E-state index in [4.69, 9.17) is 9.47 Å². The van der Waals surface area contributed by atoms with Crippen LogP contribution in [-0.2, 0) is 19.1 Å². The van der Waals surface area contributed by atoms with E-state index in [2.05, 4.69) is 6.92 Å². The molecule has 0 saturated carbocycles. The van der Waals surface area contributed by atoms with E-state index in [-0.39, 0.29) is 24.1 Å². The zero-order chi connectivity index (χ0) is 16.7. The first kappa shape index (κ1) is 18.2. The molecule has 0 aliphatic carbocycles. The van der Waals surface area contributed by atoms with E-state index in [1.807, 2.05) is 0 Å². The summed E-state index contributed by atoms with van der Waals surface area (Å²) in [6.45, 7) is 2.87. The first-order valence-corrected chi connectivity index (χ1v) is 9.22. The van der Waals surface area contributed by atoms with Gasteiger partial charge in [0.05, 0.1) is 13.2 Å². The zero-order valence-electron chi connectivity index (χ0n) is 14.6. The van der Waals surface area contributed by atoms with Crippen LogP contribution in [0.25, 0.3) is 0 Å². The highest BCUT2D eigenvalue weighted by molar-refractivity contribution is 5.89. The Balaban J connectivity index is 1.62. The van der Waals surface area contributed by atoms with Crippen LogP contribution in [0.5, 0.6) is 0 Å². The van der Waals surface area contributed by atoms with Gasteiger partial charge in [-0.1, -0.05) is 51.9 Å². The highest BCUT2D eigenvalue weighted by atomic mass is 16.6. The second kappa shape index (κ2) is 9.26. The van der Waals surface area contributed by atoms with E-state index in [0.29, 0.717) is 13.0 Å². The first-order valence-electron chi connectivity index (χ1n) is 9.22. The molecule has 2 unspecified atom stereocenters. The van der Waals surface area contributed by atoms with Gasteiger partial charge >= 0.3 is 5.97 Å². The number of esters is 1. The van der Waals surface area contributed by atoms with Gasteiger partial charge in [0.25, 0.3) is 5.91 Å². The maximum Gasteiger partial charge on any atom is 0.328 e. The number of nitrogens with zero attached hydrogens (tertiary/aromatic N) is 1. The SMILES string of the molecule is CCCCCCCCCC1OC1C(=O)N1CCC[C@H]1C(=O)OC. The van der Waals surface area contributed by atoms with Gasteiger partial charge in [-0.15, -0.1) is 0 Å². The van der Waals surface area contributed by atoms with Crippen molar-refractivity contribution in [2.24, 2.45) is 0 Å². The molecule has 0 spiro atoms. The number of unbranched alkanes of at least 4 members (excludes halogenated alkanes) is 6. The lowest BCUT2D eigenvalue weighted by molar-refractivity contribution is -0.151. The van der Waals surface area contributed by atoms with Gasteiger partial charge in [-0.25, -0.2) is 4.79 Å². The number of hydrogen-bond acceptors (Lipinski definition) is 4. The minimum atomic E-state index is -0.407. The Morgan fingerprint density at radius 1 is 1.13 bits per heavy atom. The molecular weight excluding hydrogens is 294 g/mol. The first-order chi connectivity index (χ1) is 11.2. The van der Waals surface area contributed by atoms with Crippen molar-refractivity contribution in [1.29, 1.82) is 0 Å². The van der Waals surface area contributed by atoms with Crippen molar-refractivity contribution >= 4 is 11.9 Å². The fraction of sp³-hybridized carbons (Fsp3) is 0.889. The van der Waals surface area contributed by atoms with Gasteiger partial charge in [0.2, 0.25) is 0 Å². The Labute approximate surface area is 139 Å². The van der Waals surface area contributed by atoms with Gasteiger partial charge in [-0.2, -0.15) is 0 Å². The summed E-state index contributed by atoms with van der Waals surface area (Å²) >= 11 is 0. The largest absolute Gasteiger partial charge is 0.467 e. The normalized spacial score (nSPS) is 26.3. The predicted octanol–water partition coefficient (Wildman–Crippen LogP) is 3.06. The second-order valence-electron chi connectivity index (χ2n) is 6.72. The van der Waals surface area contributed by atoms with Gasteiger partial charge in [0, 0.05) is 6.54 Å². The molecule has 0 N–H and O–H groups in total. The third-order valence-corrected chi connectivity index (χ3v) is 4.93. The lowest BCUT2D eigenvalue weighted by atomic mass is 10.1. The number of hydrogen-bond donors (Lipinski definition) is 0. The molecule has 0 aromatic carbocycles. The highest BCUT2D eigenvalue weighted by Gasteiger charge is 2.49. The molecule has 0 radical (unpaired) electrons. The molecular formula is C18H31NO4. The zero-order valence-corrected chi connectivity index (χ0v) is 14.6. The molecule has 1 amide bonds. The van der Waals surface area contributed by atoms with Crippen molar-refractivity contribution in [3.63, 3.8) is 0 Å². The summed E-state index contributed by atoms with van der Waals surface area (Å²) < 4.78 is 10.3. The number of methoxy groups -OCH3 is 1. The fourth-order valence-electron chi connectivity index (χ4n) is 3.46. The highest BCUT2D eigenvalue weighted by Crippen LogP contribution is 2.32. The lowest BCUT2D eigenvalue weighted by Gasteiger charge is -2.21. The Kier molecular flexibility index (Phi) is 7.34. The van der Waals surface area contributed by atoms with Crippen LogP contribution in [-0.4, -0.2) is 48.7 Å². The van der Waals surface area contributed by atoms with Crippen LogP contribution in [0.1, 0.15) is 71.1 Å². The molecule has 2 fully saturated rings. The number of likely N-dealkylation sites (tertiary alicyclic amines) is 1. The topological polar surface area (TPSA) is 59.1 Å². The molecule has 2 rings (SSSR count). The van der Waals surface area contributed by atoms with E-state index in [0.717, 1.165) is 19.3 Å². The summed E-state index contributed by atoms with van der Waals surface area (Å²) in [7, 11) is 1.38. The number of carbonyl (C=O) groups excluding carboxylic acids is 2. The maximum absolute atomic E-state index is 12.4.